The Hall–Kier alpha value is -1.86. The van der Waals surface area contributed by atoms with Crippen LogP contribution in [0.4, 0.5) is 22.0 Å². The molecule has 0 N–H and O–H groups in total. The summed E-state index contributed by atoms with van der Waals surface area (Å²) < 4.78 is 108. The number of esters is 2. The molecule has 0 aliphatic rings. The third-order valence-corrected chi connectivity index (χ3v) is 6.54. The molecule has 2 aromatic rings. The second kappa shape index (κ2) is 9.74. The standard InChI is InChI=1S/C16H5F5I2O7S/c17-10-11(18)13(20)15(14(21)12(10)19)30-9(25)2-1-8(24)29-5-3-6(22)16(7(23)4-5)31(26,27)28/h1-4H,(H,26,27,28)/p-1/b2-1-. The Morgan fingerprint density at radius 1 is 0.806 bits per heavy atom. The van der Waals surface area contributed by atoms with Crippen LogP contribution in [0.15, 0.2) is 29.2 Å². The topological polar surface area (TPSA) is 110 Å². The van der Waals surface area contributed by atoms with Gasteiger partial charge in [0.25, 0.3) is 0 Å². The lowest BCUT2D eigenvalue weighted by atomic mass is 10.2. The van der Waals surface area contributed by atoms with Crippen molar-refractivity contribution in [2.45, 2.75) is 4.90 Å². The normalized spacial score (nSPS) is 11.6. The maximum absolute atomic E-state index is 13.5. The first-order valence-corrected chi connectivity index (χ1v) is 10.9. The van der Waals surface area contributed by atoms with Gasteiger partial charge in [-0.2, -0.15) is 8.78 Å². The van der Waals surface area contributed by atoms with Gasteiger partial charge in [-0.1, -0.05) is 0 Å². The molecule has 0 aliphatic carbocycles. The average molecular weight is 689 g/mol. The minimum absolute atomic E-state index is 0.0583. The molecule has 0 saturated carbocycles. The van der Waals surface area contributed by atoms with Crippen LogP contribution in [0.5, 0.6) is 11.5 Å². The predicted octanol–water partition coefficient (Wildman–Crippen LogP) is 3.56. The van der Waals surface area contributed by atoms with E-state index in [0.717, 1.165) is 12.1 Å². The fourth-order valence-corrected chi connectivity index (χ4v) is 5.85. The fourth-order valence-electron chi connectivity index (χ4n) is 1.93. The van der Waals surface area contributed by atoms with Gasteiger partial charge in [0, 0.05) is 19.3 Å². The van der Waals surface area contributed by atoms with Gasteiger partial charge in [-0.05, 0) is 57.3 Å². The summed E-state index contributed by atoms with van der Waals surface area (Å²) >= 11 is 3.03. The lowest BCUT2D eigenvalue weighted by Crippen LogP contribution is -2.13. The molecule has 0 fully saturated rings. The van der Waals surface area contributed by atoms with Crippen molar-refractivity contribution in [3.63, 3.8) is 0 Å². The molecule has 0 aliphatic heterocycles. The van der Waals surface area contributed by atoms with Crippen LogP contribution in [0.3, 0.4) is 0 Å². The van der Waals surface area contributed by atoms with Gasteiger partial charge >= 0.3 is 11.9 Å². The molecule has 31 heavy (non-hydrogen) atoms. The van der Waals surface area contributed by atoms with E-state index in [2.05, 4.69) is 4.74 Å². The van der Waals surface area contributed by atoms with Gasteiger partial charge in [0.2, 0.25) is 34.8 Å². The molecule has 0 atom stereocenters. The van der Waals surface area contributed by atoms with Gasteiger partial charge in [0.15, 0.2) is 0 Å². The third-order valence-electron chi connectivity index (χ3n) is 3.17. The first kappa shape index (κ1) is 25.4. The van der Waals surface area contributed by atoms with Crippen LogP contribution < -0.4 is 9.47 Å². The summed E-state index contributed by atoms with van der Waals surface area (Å²) in [6, 6.07) is 2.07. The molecule has 2 rings (SSSR count). The summed E-state index contributed by atoms with van der Waals surface area (Å²) in [5.41, 5.74) is 0. The Labute approximate surface area is 197 Å². The molecule has 0 heterocycles. The first-order valence-electron chi connectivity index (χ1n) is 7.32. The molecular formula is C16H4F5I2O7S-. The Balaban J connectivity index is 2.16. The number of carbonyl (C=O) groups is 2. The Morgan fingerprint density at radius 2 is 1.19 bits per heavy atom. The van der Waals surface area contributed by atoms with E-state index in [1.165, 1.54) is 45.2 Å². The van der Waals surface area contributed by atoms with Crippen molar-refractivity contribution in [1.82, 2.24) is 0 Å². The van der Waals surface area contributed by atoms with Crippen LogP contribution in [0, 0.1) is 36.2 Å². The summed E-state index contributed by atoms with van der Waals surface area (Å²) in [6.45, 7) is 0. The minimum Gasteiger partial charge on any atom is -0.744 e. The molecule has 0 bridgehead atoms. The molecule has 15 heteroatoms. The molecule has 2 aromatic carbocycles. The lowest BCUT2D eigenvalue weighted by Gasteiger charge is -2.13. The summed E-state index contributed by atoms with van der Waals surface area (Å²) in [5.74, 6) is -16.9. The van der Waals surface area contributed by atoms with Crippen molar-refractivity contribution in [2.75, 3.05) is 0 Å². The smallest absolute Gasteiger partial charge is 0.336 e. The van der Waals surface area contributed by atoms with Crippen LogP contribution in [-0.4, -0.2) is 24.9 Å². The van der Waals surface area contributed by atoms with E-state index in [0.29, 0.717) is 6.08 Å². The van der Waals surface area contributed by atoms with Crippen LogP contribution in [-0.2, 0) is 19.7 Å². The maximum Gasteiger partial charge on any atom is 0.336 e. The molecule has 166 valence electrons. The zero-order valence-electron chi connectivity index (χ0n) is 14.2. The highest BCUT2D eigenvalue weighted by molar-refractivity contribution is 14.1. The molecular weight excluding hydrogens is 685 g/mol. The van der Waals surface area contributed by atoms with E-state index in [1.54, 1.807) is 0 Å². The van der Waals surface area contributed by atoms with Crippen LogP contribution in [0.25, 0.3) is 0 Å². The zero-order valence-corrected chi connectivity index (χ0v) is 19.4. The number of ether oxygens (including phenoxy) is 2. The molecule has 0 saturated heterocycles. The van der Waals surface area contributed by atoms with Crippen LogP contribution in [0.2, 0.25) is 0 Å². The van der Waals surface area contributed by atoms with Crippen molar-refractivity contribution in [3.05, 3.63) is 60.5 Å². The molecule has 0 unspecified atom stereocenters. The number of benzene rings is 2. The third kappa shape index (κ3) is 5.89. The second-order valence-corrected chi connectivity index (χ2v) is 8.89. The molecule has 0 amide bonds. The maximum atomic E-state index is 13.5. The highest BCUT2D eigenvalue weighted by Crippen LogP contribution is 2.30. The number of hydrogen-bond donors (Lipinski definition) is 0. The predicted molar refractivity (Wildman–Crippen MR) is 106 cm³/mol. The first-order chi connectivity index (χ1) is 14.2. The van der Waals surface area contributed by atoms with E-state index < -0.39 is 61.8 Å². The van der Waals surface area contributed by atoms with Gasteiger partial charge in [0.05, 0.1) is 4.90 Å². The van der Waals surface area contributed by atoms with E-state index >= 15 is 0 Å². The van der Waals surface area contributed by atoms with Crippen molar-refractivity contribution < 1.29 is 54.0 Å². The van der Waals surface area contributed by atoms with Gasteiger partial charge < -0.3 is 14.0 Å². The van der Waals surface area contributed by atoms with Gasteiger partial charge in [-0.3, -0.25) is 0 Å². The molecule has 7 nitrogen and oxygen atoms in total. The second-order valence-electron chi connectivity index (χ2n) is 5.24. The zero-order chi connectivity index (χ0) is 23.7. The van der Waals surface area contributed by atoms with E-state index in [4.69, 9.17) is 4.74 Å². The number of carbonyl (C=O) groups excluding carboxylic acids is 2. The van der Waals surface area contributed by atoms with E-state index in [1.807, 2.05) is 0 Å². The Kier molecular flexibility index (Phi) is 7.98. The van der Waals surface area contributed by atoms with Crippen molar-refractivity contribution in [1.29, 1.82) is 0 Å². The van der Waals surface area contributed by atoms with Gasteiger partial charge in [-0.25, -0.2) is 31.2 Å². The van der Waals surface area contributed by atoms with E-state index in [9.17, 15) is 44.5 Å². The number of rotatable bonds is 5. The van der Waals surface area contributed by atoms with Crippen LogP contribution in [0.1, 0.15) is 0 Å². The summed E-state index contributed by atoms with van der Waals surface area (Å²) in [7, 11) is -4.80. The summed E-state index contributed by atoms with van der Waals surface area (Å²) in [4.78, 5) is 22.8. The monoisotopic (exact) mass is 689 g/mol. The van der Waals surface area contributed by atoms with Gasteiger partial charge in [0.1, 0.15) is 15.9 Å². The van der Waals surface area contributed by atoms with Gasteiger partial charge in [-0.15, -0.1) is 0 Å². The number of halogens is 7. The lowest BCUT2D eigenvalue weighted by molar-refractivity contribution is -0.131. The van der Waals surface area contributed by atoms with Crippen molar-refractivity contribution in [3.8, 4) is 11.5 Å². The summed E-state index contributed by atoms with van der Waals surface area (Å²) in [6.07, 6.45) is 0.694. The van der Waals surface area contributed by atoms with Crippen LogP contribution >= 0.6 is 45.2 Å². The molecule has 0 aromatic heterocycles. The molecule has 0 radical (unpaired) electrons. The Morgan fingerprint density at radius 3 is 1.61 bits per heavy atom. The van der Waals surface area contributed by atoms with E-state index in [-0.39, 0.29) is 19.0 Å². The summed E-state index contributed by atoms with van der Waals surface area (Å²) in [5, 5.41) is 0. The fraction of sp³-hybridized carbons (Fsp3) is 0. The average Bonchev–Trinajstić information content (AvgIpc) is 2.65. The van der Waals surface area contributed by atoms with Crippen molar-refractivity contribution >= 4 is 67.2 Å². The van der Waals surface area contributed by atoms with Crippen molar-refractivity contribution in [2.24, 2.45) is 0 Å². The highest BCUT2D eigenvalue weighted by atomic mass is 127. The Bertz CT molecular complexity index is 1180. The quantitative estimate of drug-likeness (QED) is 0.0691. The molecule has 0 spiro atoms. The highest BCUT2D eigenvalue weighted by Gasteiger charge is 2.28. The number of hydrogen-bond acceptors (Lipinski definition) is 7. The minimum atomic E-state index is -4.80. The largest absolute Gasteiger partial charge is 0.744 e. The SMILES string of the molecule is O=C(/C=C\C(=O)Oc1c(F)c(F)c(F)c(F)c1F)Oc1cc(I)c(S(=O)(=O)[O-])c(I)c1.